The Morgan fingerprint density at radius 3 is 2.45 bits per heavy atom. The number of carbonyl (C=O) groups excluding carboxylic acids is 1. The summed E-state index contributed by atoms with van der Waals surface area (Å²) in [4.78, 5) is 12.3. The van der Waals surface area contributed by atoms with Gasteiger partial charge in [-0.1, -0.05) is 0 Å². The second kappa shape index (κ2) is 5.67. The van der Waals surface area contributed by atoms with Crippen LogP contribution in [-0.4, -0.2) is 26.9 Å². The van der Waals surface area contributed by atoms with Crippen molar-refractivity contribution in [2.75, 3.05) is 0 Å². The minimum Gasteiger partial charge on any atom is -0.351 e. The maximum absolute atomic E-state index is 12.3. The molecule has 0 saturated heterocycles. The zero-order valence-electron chi connectivity index (χ0n) is 13.2. The minimum atomic E-state index is 0.165. The summed E-state index contributed by atoms with van der Waals surface area (Å²) in [5.74, 6) is 2.93. The molecule has 1 aromatic rings. The van der Waals surface area contributed by atoms with E-state index in [0.717, 1.165) is 42.7 Å². The van der Waals surface area contributed by atoms with Gasteiger partial charge in [0.05, 0.1) is 11.9 Å². The van der Waals surface area contributed by atoms with Crippen LogP contribution in [0.15, 0.2) is 6.20 Å². The first-order valence-electron chi connectivity index (χ1n) is 8.86. The summed E-state index contributed by atoms with van der Waals surface area (Å²) in [6.07, 6.45) is 13.2. The van der Waals surface area contributed by atoms with Gasteiger partial charge >= 0.3 is 0 Å². The van der Waals surface area contributed by atoms with E-state index < -0.39 is 0 Å². The first kappa shape index (κ1) is 14.2. The largest absolute Gasteiger partial charge is 0.351 e. The van der Waals surface area contributed by atoms with Gasteiger partial charge < -0.3 is 5.32 Å². The number of rotatable bonds is 6. The van der Waals surface area contributed by atoms with Crippen molar-refractivity contribution < 1.29 is 4.79 Å². The summed E-state index contributed by atoms with van der Waals surface area (Å²) in [7, 11) is 0. The molecule has 4 saturated carbocycles. The monoisotopic (exact) mass is 302 g/mol. The predicted octanol–water partition coefficient (Wildman–Crippen LogP) is 2.60. The maximum atomic E-state index is 12.3. The zero-order valence-corrected chi connectivity index (χ0v) is 13.2. The van der Waals surface area contributed by atoms with Crippen molar-refractivity contribution in [3.8, 4) is 0 Å². The molecular weight excluding hydrogens is 276 g/mol. The van der Waals surface area contributed by atoms with E-state index in [-0.39, 0.29) is 11.4 Å². The van der Waals surface area contributed by atoms with Crippen LogP contribution < -0.4 is 5.32 Å². The molecule has 5 nitrogen and oxygen atoms in total. The van der Waals surface area contributed by atoms with Gasteiger partial charge in [-0.3, -0.25) is 4.79 Å². The van der Waals surface area contributed by atoms with Gasteiger partial charge in [0, 0.05) is 12.0 Å². The first-order valence-corrected chi connectivity index (χ1v) is 8.86. The molecule has 4 aliphatic rings. The molecule has 1 aromatic heterocycles. The van der Waals surface area contributed by atoms with E-state index >= 15 is 0 Å². The topological polar surface area (TPSA) is 70.7 Å². The molecule has 0 radical (unpaired) electrons. The number of carbonyl (C=O) groups is 1. The quantitative estimate of drug-likeness (QED) is 0.794. The third kappa shape index (κ3) is 2.90. The molecule has 0 unspecified atom stereocenters. The van der Waals surface area contributed by atoms with Crippen LogP contribution in [0.5, 0.6) is 0 Å². The second-order valence-corrected chi connectivity index (χ2v) is 7.91. The summed E-state index contributed by atoms with van der Waals surface area (Å²) in [6.45, 7) is 0. The summed E-state index contributed by atoms with van der Waals surface area (Å²) in [5.41, 5.74) is 1.15. The Morgan fingerprint density at radius 1 is 1.18 bits per heavy atom. The Morgan fingerprint density at radius 2 is 1.86 bits per heavy atom. The van der Waals surface area contributed by atoms with Crippen LogP contribution in [0.1, 0.15) is 63.5 Å². The number of aryl methyl sites for hydroxylation is 1. The molecule has 120 valence electrons. The van der Waals surface area contributed by atoms with Crippen molar-refractivity contribution in [3.05, 3.63) is 11.9 Å². The number of unbranched alkanes of at least 4 members (excludes halogenated alkanes) is 1. The van der Waals surface area contributed by atoms with E-state index in [1.807, 2.05) is 0 Å². The lowest BCUT2D eigenvalue weighted by Crippen LogP contribution is -2.59. The second-order valence-electron chi connectivity index (χ2n) is 7.91. The van der Waals surface area contributed by atoms with Crippen molar-refractivity contribution in [2.24, 2.45) is 17.8 Å². The standard InChI is InChI=1S/C17H26N4O/c22-16(4-2-1-3-15-11-18-21-20-15)19-17-8-12-5-13(9-17)7-14(6-12)10-17/h11-14H,1-10H2,(H,19,22)(H,18,20,21). The Balaban J connectivity index is 1.24. The molecule has 0 aromatic carbocycles. The Labute approximate surface area is 131 Å². The Bertz CT molecular complexity index is 489. The molecule has 2 N–H and O–H groups in total. The highest BCUT2D eigenvalue weighted by atomic mass is 16.1. The maximum Gasteiger partial charge on any atom is 0.220 e. The van der Waals surface area contributed by atoms with Crippen molar-refractivity contribution >= 4 is 5.91 Å². The van der Waals surface area contributed by atoms with E-state index in [2.05, 4.69) is 20.7 Å². The number of nitrogens with zero attached hydrogens (tertiary/aromatic N) is 2. The predicted molar refractivity (Wildman–Crippen MR) is 83.0 cm³/mol. The number of hydrogen-bond donors (Lipinski definition) is 2. The molecule has 5 rings (SSSR count). The molecule has 1 amide bonds. The van der Waals surface area contributed by atoms with Gasteiger partial charge in [0.15, 0.2) is 0 Å². The number of aromatic amines is 1. The first-order chi connectivity index (χ1) is 10.7. The fraction of sp³-hybridized carbons (Fsp3) is 0.824. The number of hydrogen-bond acceptors (Lipinski definition) is 3. The van der Waals surface area contributed by atoms with Crippen LogP contribution in [0.4, 0.5) is 0 Å². The van der Waals surface area contributed by atoms with Gasteiger partial charge in [0.2, 0.25) is 5.91 Å². The Kier molecular flexibility index (Phi) is 3.66. The summed E-state index contributed by atoms with van der Waals surface area (Å²) in [5, 5.41) is 13.9. The van der Waals surface area contributed by atoms with E-state index in [0.29, 0.717) is 6.42 Å². The third-order valence-corrected chi connectivity index (χ3v) is 5.99. The molecule has 22 heavy (non-hydrogen) atoms. The molecule has 5 heteroatoms. The van der Waals surface area contributed by atoms with Gasteiger partial charge in [0.25, 0.3) is 0 Å². The Hall–Kier alpha value is -1.39. The van der Waals surface area contributed by atoms with Gasteiger partial charge in [-0.25, -0.2) is 0 Å². The van der Waals surface area contributed by atoms with E-state index in [1.165, 1.54) is 38.5 Å². The average molecular weight is 302 g/mol. The molecule has 4 aliphatic carbocycles. The number of amides is 1. The number of nitrogens with one attached hydrogen (secondary N) is 2. The minimum absolute atomic E-state index is 0.165. The van der Waals surface area contributed by atoms with E-state index in [1.54, 1.807) is 6.20 Å². The lowest BCUT2D eigenvalue weighted by Gasteiger charge is -2.56. The lowest BCUT2D eigenvalue weighted by molar-refractivity contribution is -0.126. The highest BCUT2D eigenvalue weighted by Gasteiger charge is 2.51. The van der Waals surface area contributed by atoms with E-state index in [9.17, 15) is 4.79 Å². The number of H-pyrrole nitrogens is 1. The smallest absolute Gasteiger partial charge is 0.220 e. The highest BCUT2D eigenvalue weighted by molar-refractivity contribution is 5.76. The van der Waals surface area contributed by atoms with Crippen molar-refractivity contribution in [3.63, 3.8) is 0 Å². The lowest BCUT2D eigenvalue weighted by atomic mass is 9.53. The fourth-order valence-corrected chi connectivity index (χ4v) is 5.56. The van der Waals surface area contributed by atoms with E-state index in [4.69, 9.17) is 0 Å². The molecular formula is C17H26N4O. The van der Waals surface area contributed by atoms with Crippen molar-refractivity contribution in [1.82, 2.24) is 20.7 Å². The van der Waals surface area contributed by atoms with Crippen molar-refractivity contribution in [1.29, 1.82) is 0 Å². The van der Waals surface area contributed by atoms with Gasteiger partial charge in [-0.15, -0.1) is 0 Å². The zero-order chi connectivity index (χ0) is 15.0. The van der Waals surface area contributed by atoms with Gasteiger partial charge in [0.1, 0.15) is 0 Å². The molecule has 0 atom stereocenters. The fourth-order valence-electron chi connectivity index (χ4n) is 5.56. The molecule has 4 bridgehead atoms. The summed E-state index contributed by atoms with van der Waals surface area (Å²) < 4.78 is 0. The molecule has 0 spiro atoms. The van der Waals surface area contributed by atoms with Crippen LogP contribution in [0.3, 0.4) is 0 Å². The van der Waals surface area contributed by atoms with Crippen LogP contribution in [0.25, 0.3) is 0 Å². The normalized spacial score (nSPS) is 35.7. The number of aromatic nitrogens is 3. The molecule has 0 aliphatic heterocycles. The highest BCUT2D eigenvalue weighted by Crippen LogP contribution is 2.55. The molecule has 1 heterocycles. The van der Waals surface area contributed by atoms with Crippen LogP contribution in [-0.2, 0) is 11.2 Å². The van der Waals surface area contributed by atoms with Crippen LogP contribution >= 0.6 is 0 Å². The summed E-state index contributed by atoms with van der Waals surface area (Å²) >= 11 is 0. The van der Waals surface area contributed by atoms with Crippen LogP contribution in [0, 0.1) is 17.8 Å². The average Bonchev–Trinajstić information content (AvgIpc) is 2.94. The van der Waals surface area contributed by atoms with Crippen LogP contribution in [0.2, 0.25) is 0 Å². The summed E-state index contributed by atoms with van der Waals surface area (Å²) in [6, 6.07) is 0. The van der Waals surface area contributed by atoms with Crippen molar-refractivity contribution in [2.45, 2.75) is 69.7 Å². The van der Waals surface area contributed by atoms with Gasteiger partial charge in [-0.05, 0) is 75.5 Å². The third-order valence-electron chi connectivity index (χ3n) is 5.99. The SMILES string of the molecule is O=C(CCCCc1cn[nH]n1)NC12CC3CC(CC(C3)C1)C2. The molecule has 4 fully saturated rings. The van der Waals surface area contributed by atoms with Gasteiger partial charge in [-0.2, -0.15) is 15.4 Å².